The second-order valence-corrected chi connectivity index (χ2v) is 2.51. The van der Waals surface area contributed by atoms with Crippen molar-refractivity contribution in [1.82, 2.24) is 19.9 Å². The van der Waals surface area contributed by atoms with Crippen molar-refractivity contribution < 1.29 is 10.2 Å². The summed E-state index contributed by atoms with van der Waals surface area (Å²) < 4.78 is 0. The van der Waals surface area contributed by atoms with E-state index in [9.17, 15) is 9.59 Å². The van der Waals surface area contributed by atoms with E-state index in [0.29, 0.717) is 0 Å². The number of nitrogens with one attached hydrogen (secondary N) is 2. The van der Waals surface area contributed by atoms with Gasteiger partial charge in [-0.05, 0) is 0 Å². The van der Waals surface area contributed by atoms with E-state index in [-0.39, 0.29) is 11.4 Å². The summed E-state index contributed by atoms with van der Waals surface area (Å²) in [6.07, 6.45) is 2.55. The Labute approximate surface area is 88.3 Å². The molecule has 0 fully saturated rings. The molecule has 0 unspecified atom stereocenters. The Morgan fingerprint density at radius 1 is 1.19 bits per heavy atom. The maximum Gasteiger partial charge on any atom is 0.325 e. The summed E-state index contributed by atoms with van der Waals surface area (Å²) in [7, 11) is 0. The summed E-state index contributed by atoms with van der Waals surface area (Å²) >= 11 is 0. The third-order valence-corrected chi connectivity index (χ3v) is 1.31. The Morgan fingerprint density at radius 3 is 2.31 bits per heavy atom. The highest BCUT2D eigenvalue weighted by Gasteiger charge is 1.88. The summed E-state index contributed by atoms with van der Waals surface area (Å²) in [4.78, 5) is 31.2. The number of hydrogen-bond donors (Lipinski definition) is 4. The van der Waals surface area contributed by atoms with E-state index >= 15 is 0 Å². The van der Waals surface area contributed by atoms with Crippen LogP contribution in [-0.2, 0) is 0 Å². The number of nitrogens with zero attached hydrogens (tertiary/aromatic N) is 2. The molecule has 0 aliphatic rings. The molecule has 0 saturated carbocycles. The molecule has 0 amide bonds. The van der Waals surface area contributed by atoms with Gasteiger partial charge in [0.1, 0.15) is 0 Å². The molecule has 2 rings (SSSR count). The highest BCUT2D eigenvalue weighted by atomic mass is 16.3. The van der Waals surface area contributed by atoms with E-state index in [1.54, 1.807) is 0 Å². The number of rotatable bonds is 0. The van der Waals surface area contributed by atoms with Gasteiger partial charge in [-0.3, -0.25) is 9.78 Å². The lowest BCUT2D eigenvalue weighted by molar-refractivity contribution is 0.397. The van der Waals surface area contributed by atoms with Crippen LogP contribution in [0.2, 0.25) is 0 Å². The monoisotopic (exact) mass is 224 g/mol. The highest BCUT2D eigenvalue weighted by molar-refractivity contribution is 5.07. The van der Waals surface area contributed by atoms with Crippen LogP contribution < -0.4 is 11.2 Å². The number of aromatic amines is 2. The minimum Gasteiger partial charge on any atom is -0.493 e. The van der Waals surface area contributed by atoms with Crippen LogP contribution >= 0.6 is 0 Å². The molecule has 2 aromatic heterocycles. The zero-order valence-electron chi connectivity index (χ0n) is 7.91. The van der Waals surface area contributed by atoms with Gasteiger partial charge in [-0.15, -0.1) is 0 Å². The Hall–Kier alpha value is -2.64. The first-order valence-electron chi connectivity index (χ1n) is 4.07. The van der Waals surface area contributed by atoms with Crippen LogP contribution in [0, 0.1) is 0 Å². The Kier molecular flexibility index (Phi) is 3.78. The van der Waals surface area contributed by atoms with Crippen LogP contribution in [-0.4, -0.2) is 30.1 Å². The molecule has 0 saturated heterocycles. The van der Waals surface area contributed by atoms with Crippen LogP contribution in [0.5, 0.6) is 11.9 Å². The second-order valence-electron chi connectivity index (χ2n) is 2.51. The van der Waals surface area contributed by atoms with E-state index in [0.717, 1.165) is 0 Å². The van der Waals surface area contributed by atoms with E-state index in [4.69, 9.17) is 10.2 Å². The Morgan fingerprint density at radius 2 is 1.94 bits per heavy atom. The van der Waals surface area contributed by atoms with Gasteiger partial charge in [0, 0.05) is 24.5 Å². The SMILES string of the molecule is O=c1cc[nH]c(=O)[nH]1.Oc1ccnc(O)n1. The fourth-order valence-electron chi connectivity index (χ4n) is 0.722. The van der Waals surface area contributed by atoms with E-state index < -0.39 is 11.7 Å². The van der Waals surface area contributed by atoms with Crippen LogP contribution in [0.3, 0.4) is 0 Å². The van der Waals surface area contributed by atoms with Crippen molar-refractivity contribution in [1.29, 1.82) is 0 Å². The van der Waals surface area contributed by atoms with Gasteiger partial charge in [0.05, 0.1) is 0 Å². The lowest BCUT2D eigenvalue weighted by Gasteiger charge is -1.86. The number of H-pyrrole nitrogens is 2. The summed E-state index contributed by atoms with van der Waals surface area (Å²) in [5.74, 6) is -0.225. The summed E-state index contributed by atoms with van der Waals surface area (Å²) in [5.41, 5.74) is -0.855. The predicted molar refractivity (Wildman–Crippen MR) is 53.0 cm³/mol. The molecule has 0 radical (unpaired) electrons. The van der Waals surface area contributed by atoms with E-state index in [2.05, 4.69) is 15.0 Å². The minimum atomic E-state index is -0.475. The van der Waals surface area contributed by atoms with Gasteiger partial charge >= 0.3 is 11.7 Å². The normalized spacial score (nSPS) is 9.00. The molecule has 0 spiro atoms. The summed E-state index contributed by atoms with van der Waals surface area (Å²) in [6.45, 7) is 0. The molecule has 0 atom stereocenters. The molecule has 2 heterocycles. The number of aromatic hydroxyl groups is 2. The first-order chi connectivity index (χ1) is 7.58. The largest absolute Gasteiger partial charge is 0.493 e. The van der Waals surface area contributed by atoms with Crippen LogP contribution in [0.25, 0.3) is 0 Å². The van der Waals surface area contributed by atoms with Crippen LogP contribution in [0.15, 0.2) is 34.1 Å². The average Bonchev–Trinajstić information content (AvgIpc) is 2.17. The molecule has 84 valence electrons. The van der Waals surface area contributed by atoms with Gasteiger partial charge in [0.15, 0.2) is 0 Å². The van der Waals surface area contributed by atoms with E-state index in [1.165, 1.54) is 24.5 Å². The van der Waals surface area contributed by atoms with Crippen molar-refractivity contribution in [2.45, 2.75) is 0 Å². The third-order valence-electron chi connectivity index (χ3n) is 1.31. The molecular formula is C8H8N4O4. The van der Waals surface area contributed by atoms with Gasteiger partial charge in [-0.25, -0.2) is 9.78 Å². The second kappa shape index (κ2) is 5.29. The number of aromatic nitrogens is 4. The molecule has 4 N–H and O–H groups in total. The maximum absolute atomic E-state index is 10.2. The zero-order valence-corrected chi connectivity index (χ0v) is 7.91. The molecule has 8 heteroatoms. The van der Waals surface area contributed by atoms with Crippen molar-refractivity contribution in [3.8, 4) is 11.9 Å². The Balaban J connectivity index is 0.000000160. The van der Waals surface area contributed by atoms with Crippen molar-refractivity contribution >= 4 is 0 Å². The van der Waals surface area contributed by atoms with E-state index in [1.807, 2.05) is 4.98 Å². The smallest absolute Gasteiger partial charge is 0.325 e. The first kappa shape index (κ1) is 11.4. The fraction of sp³-hybridized carbons (Fsp3) is 0. The fourth-order valence-corrected chi connectivity index (χ4v) is 0.722. The van der Waals surface area contributed by atoms with Gasteiger partial charge in [-0.1, -0.05) is 0 Å². The van der Waals surface area contributed by atoms with Crippen molar-refractivity contribution in [2.75, 3.05) is 0 Å². The molecule has 0 aliphatic heterocycles. The van der Waals surface area contributed by atoms with Crippen molar-refractivity contribution in [3.05, 3.63) is 45.4 Å². The quantitative estimate of drug-likeness (QED) is 0.451. The topological polar surface area (TPSA) is 132 Å². The van der Waals surface area contributed by atoms with Crippen LogP contribution in [0.4, 0.5) is 0 Å². The lowest BCUT2D eigenvalue weighted by atomic mass is 10.6. The van der Waals surface area contributed by atoms with Crippen LogP contribution in [0.1, 0.15) is 0 Å². The molecule has 0 aromatic carbocycles. The average molecular weight is 224 g/mol. The highest BCUT2D eigenvalue weighted by Crippen LogP contribution is 2.03. The molecule has 0 aliphatic carbocycles. The van der Waals surface area contributed by atoms with Gasteiger partial charge in [0.25, 0.3) is 5.56 Å². The molecule has 8 nitrogen and oxygen atoms in total. The summed E-state index contributed by atoms with van der Waals surface area (Å²) in [5, 5.41) is 16.9. The molecule has 2 aromatic rings. The van der Waals surface area contributed by atoms with Gasteiger partial charge in [-0.2, -0.15) is 4.98 Å². The van der Waals surface area contributed by atoms with Crippen molar-refractivity contribution in [2.24, 2.45) is 0 Å². The Bertz CT molecular complexity index is 519. The third kappa shape index (κ3) is 4.05. The van der Waals surface area contributed by atoms with Gasteiger partial charge < -0.3 is 15.2 Å². The minimum absolute atomic E-state index is 0.225. The van der Waals surface area contributed by atoms with Crippen molar-refractivity contribution in [3.63, 3.8) is 0 Å². The maximum atomic E-state index is 10.2. The first-order valence-corrected chi connectivity index (χ1v) is 4.07. The molecular weight excluding hydrogens is 216 g/mol. The number of hydrogen-bond acceptors (Lipinski definition) is 6. The summed E-state index contributed by atoms with van der Waals surface area (Å²) in [6, 6.07) is 2.10. The molecule has 16 heavy (non-hydrogen) atoms. The van der Waals surface area contributed by atoms with Gasteiger partial charge in [0.2, 0.25) is 5.88 Å². The molecule has 0 bridgehead atoms. The standard InChI is InChI=1S/2C4H4N2O2/c2*7-3-1-2-5-4(8)6-3/h2*1-2H,(H2,5,6,7,8). The lowest BCUT2D eigenvalue weighted by Crippen LogP contribution is -2.19. The predicted octanol–water partition coefficient (Wildman–Crippen LogP) is -1.05. The zero-order chi connectivity index (χ0) is 12.0.